The molecule has 22 heavy (non-hydrogen) atoms. The van der Waals surface area contributed by atoms with Crippen LogP contribution >= 0.6 is 7.14 Å². The van der Waals surface area contributed by atoms with E-state index < -0.39 is 7.14 Å². The van der Waals surface area contributed by atoms with Gasteiger partial charge in [0.05, 0.1) is 12.7 Å². The van der Waals surface area contributed by atoms with Crippen molar-refractivity contribution in [1.29, 1.82) is 0 Å². The maximum atomic E-state index is 13.6. The Morgan fingerprint density at radius 1 is 1.00 bits per heavy atom. The van der Waals surface area contributed by atoms with Crippen LogP contribution in [0.1, 0.15) is 12.8 Å². The molecule has 1 fully saturated rings. The lowest BCUT2D eigenvalue weighted by Gasteiger charge is -2.20. The summed E-state index contributed by atoms with van der Waals surface area (Å²) in [6, 6.07) is 19.2. The normalized spacial score (nSPS) is 18.5. The van der Waals surface area contributed by atoms with Gasteiger partial charge in [0, 0.05) is 17.2 Å². The van der Waals surface area contributed by atoms with Gasteiger partial charge in [-0.05, 0) is 12.8 Å². The lowest BCUT2D eigenvalue weighted by atomic mass is 10.2. The Kier molecular flexibility index (Phi) is 5.09. The molecule has 0 aliphatic carbocycles. The Hall–Kier alpha value is -1.41. The molecule has 1 aliphatic rings. The zero-order valence-corrected chi connectivity index (χ0v) is 13.5. The van der Waals surface area contributed by atoms with Crippen molar-refractivity contribution in [2.75, 3.05) is 19.6 Å². The van der Waals surface area contributed by atoms with E-state index in [1.165, 1.54) is 0 Å². The van der Waals surface area contributed by atoms with Crippen molar-refractivity contribution in [2.45, 2.75) is 18.9 Å². The van der Waals surface area contributed by atoms with E-state index in [9.17, 15) is 4.57 Å². The van der Waals surface area contributed by atoms with Gasteiger partial charge < -0.3 is 14.0 Å². The first kappa shape index (κ1) is 15.5. The lowest BCUT2D eigenvalue weighted by molar-refractivity contribution is 0.0318. The van der Waals surface area contributed by atoms with E-state index in [4.69, 9.17) is 9.47 Å². The summed E-state index contributed by atoms with van der Waals surface area (Å²) < 4.78 is 25.0. The van der Waals surface area contributed by atoms with Gasteiger partial charge in [0.1, 0.15) is 6.35 Å². The molecule has 0 N–H and O–H groups in total. The molecule has 2 aromatic carbocycles. The third-order valence-electron chi connectivity index (χ3n) is 3.95. The summed E-state index contributed by atoms with van der Waals surface area (Å²) in [5.41, 5.74) is 0. The molecule has 4 heteroatoms. The van der Waals surface area contributed by atoms with Crippen LogP contribution in [-0.2, 0) is 14.0 Å². The molecule has 116 valence electrons. The minimum Gasteiger partial charge on any atom is -0.376 e. The zero-order valence-electron chi connectivity index (χ0n) is 12.6. The van der Waals surface area contributed by atoms with Crippen molar-refractivity contribution in [1.82, 2.24) is 0 Å². The van der Waals surface area contributed by atoms with Crippen LogP contribution in [0, 0.1) is 0 Å². The predicted molar refractivity (Wildman–Crippen MR) is 89.6 cm³/mol. The molecule has 2 aromatic rings. The largest absolute Gasteiger partial charge is 0.376 e. The SMILES string of the molecule is O=P(COC[C@H]1CCCO1)(c1ccccc1)c1ccccc1. The maximum absolute atomic E-state index is 13.6. The Balaban J connectivity index is 1.79. The molecule has 0 unspecified atom stereocenters. The van der Waals surface area contributed by atoms with E-state index in [2.05, 4.69) is 0 Å². The van der Waals surface area contributed by atoms with E-state index in [-0.39, 0.29) is 12.5 Å². The van der Waals surface area contributed by atoms with E-state index in [0.29, 0.717) is 6.61 Å². The smallest absolute Gasteiger partial charge is 0.167 e. The summed E-state index contributed by atoms with van der Waals surface area (Å²) in [6.45, 7) is 1.33. The van der Waals surface area contributed by atoms with Gasteiger partial charge in [-0.2, -0.15) is 0 Å². The van der Waals surface area contributed by atoms with Crippen molar-refractivity contribution >= 4 is 17.8 Å². The third-order valence-corrected chi connectivity index (χ3v) is 6.76. The highest BCUT2D eigenvalue weighted by Crippen LogP contribution is 2.43. The minimum absolute atomic E-state index is 0.153. The van der Waals surface area contributed by atoms with Gasteiger partial charge in [-0.1, -0.05) is 60.7 Å². The quantitative estimate of drug-likeness (QED) is 0.768. The van der Waals surface area contributed by atoms with Crippen LogP contribution in [0.15, 0.2) is 60.7 Å². The third kappa shape index (κ3) is 3.49. The van der Waals surface area contributed by atoms with Crippen LogP contribution in [0.3, 0.4) is 0 Å². The van der Waals surface area contributed by atoms with Crippen molar-refractivity contribution in [2.24, 2.45) is 0 Å². The van der Waals surface area contributed by atoms with Gasteiger partial charge in [-0.3, -0.25) is 0 Å². The summed E-state index contributed by atoms with van der Waals surface area (Å²) in [4.78, 5) is 0. The van der Waals surface area contributed by atoms with E-state index in [1.807, 2.05) is 60.7 Å². The number of rotatable bonds is 6. The van der Waals surface area contributed by atoms with Gasteiger partial charge in [0.2, 0.25) is 0 Å². The van der Waals surface area contributed by atoms with Gasteiger partial charge in [0.15, 0.2) is 7.14 Å². The van der Waals surface area contributed by atoms with E-state index >= 15 is 0 Å². The summed E-state index contributed by atoms with van der Waals surface area (Å²) in [6.07, 6.45) is 2.49. The van der Waals surface area contributed by atoms with Crippen LogP contribution in [0.2, 0.25) is 0 Å². The molecule has 1 heterocycles. The first-order valence-corrected chi connectivity index (χ1v) is 9.58. The summed E-state index contributed by atoms with van der Waals surface area (Å²) in [7, 11) is -2.76. The fourth-order valence-electron chi connectivity index (χ4n) is 2.72. The second-order valence-electron chi connectivity index (χ2n) is 5.55. The Morgan fingerprint density at radius 3 is 2.09 bits per heavy atom. The number of hydrogen-bond acceptors (Lipinski definition) is 3. The zero-order chi connectivity index (χ0) is 15.3. The number of hydrogen-bond donors (Lipinski definition) is 0. The monoisotopic (exact) mass is 316 g/mol. The fraction of sp³-hybridized carbons (Fsp3) is 0.333. The Bertz CT molecular complexity index is 578. The maximum Gasteiger partial charge on any atom is 0.167 e. The molecule has 1 saturated heterocycles. The standard InChI is InChI=1S/C18H21O3P/c19-22(17-9-3-1-4-10-17,18-11-5-2-6-12-18)15-20-14-16-8-7-13-21-16/h1-6,9-12,16H,7-8,13-15H2/t16-/m1/s1. The highest BCUT2D eigenvalue weighted by atomic mass is 31.2. The van der Waals surface area contributed by atoms with Crippen LogP contribution in [0.25, 0.3) is 0 Å². The van der Waals surface area contributed by atoms with Gasteiger partial charge in [-0.25, -0.2) is 0 Å². The number of benzene rings is 2. The van der Waals surface area contributed by atoms with Crippen molar-refractivity contribution in [3.05, 3.63) is 60.7 Å². The fourth-order valence-corrected chi connectivity index (χ4v) is 4.99. The van der Waals surface area contributed by atoms with E-state index in [1.54, 1.807) is 0 Å². The molecular weight excluding hydrogens is 295 g/mol. The minimum atomic E-state index is -2.76. The summed E-state index contributed by atoms with van der Waals surface area (Å²) >= 11 is 0. The average molecular weight is 316 g/mol. The van der Waals surface area contributed by atoms with Crippen LogP contribution in [0.5, 0.6) is 0 Å². The summed E-state index contributed by atoms with van der Waals surface area (Å²) in [5, 5.41) is 1.68. The molecule has 3 nitrogen and oxygen atoms in total. The second-order valence-corrected chi connectivity index (χ2v) is 8.32. The van der Waals surface area contributed by atoms with E-state index in [0.717, 1.165) is 30.1 Å². The molecule has 3 rings (SSSR count). The molecule has 1 atom stereocenters. The molecular formula is C18H21O3P. The van der Waals surface area contributed by atoms with Crippen LogP contribution < -0.4 is 10.6 Å². The highest BCUT2D eigenvalue weighted by Gasteiger charge is 2.28. The lowest BCUT2D eigenvalue weighted by Crippen LogP contribution is -2.22. The van der Waals surface area contributed by atoms with Crippen LogP contribution in [-0.4, -0.2) is 25.7 Å². The molecule has 0 bridgehead atoms. The molecule has 0 saturated carbocycles. The van der Waals surface area contributed by atoms with Crippen molar-refractivity contribution in [3.8, 4) is 0 Å². The van der Waals surface area contributed by atoms with Gasteiger partial charge in [-0.15, -0.1) is 0 Å². The first-order valence-electron chi connectivity index (χ1n) is 7.69. The number of ether oxygens (including phenoxy) is 2. The summed E-state index contributed by atoms with van der Waals surface area (Å²) in [5.74, 6) is 0. The molecule has 1 aliphatic heterocycles. The Morgan fingerprint density at radius 2 is 1.59 bits per heavy atom. The highest BCUT2D eigenvalue weighted by molar-refractivity contribution is 7.78. The predicted octanol–water partition coefficient (Wildman–Crippen LogP) is 3.15. The molecule has 0 amide bonds. The molecule has 0 aromatic heterocycles. The van der Waals surface area contributed by atoms with Crippen molar-refractivity contribution in [3.63, 3.8) is 0 Å². The molecule has 0 spiro atoms. The first-order chi connectivity index (χ1) is 10.8. The second kappa shape index (κ2) is 7.23. The van der Waals surface area contributed by atoms with Crippen LogP contribution in [0.4, 0.5) is 0 Å². The average Bonchev–Trinajstić information content (AvgIpc) is 3.10. The Labute approximate surface area is 131 Å². The topological polar surface area (TPSA) is 35.5 Å². The molecule has 0 radical (unpaired) electrons. The van der Waals surface area contributed by atoms with Gasteiger partial charge >= 0.3 is 0 Å². The van der Waals surface area contributed by atoms with Gasteiger partial charge in [0.25, 0.3) is 0 Å². The van der Waals surface area contributed by atoms with Crippen molar-refractivity contribution < 1.29 is 14.0 Å².